The third-order valence-electron chi connectivity index (χ3n) is 3.50. The summed E-state index contributed by atoms with van der Waals surface area (Å²) in [6, 6.07) is 0.313. The molecule has 6 heteroatoms. The lowest BCUT2D eigenvalue weighted by Crippen LogP contribution is -2.41. The molecule has 1 rings (SSSR count). The minimum Gasteiger partial charge on any atom is -0.313 e. The van der Waals surface area contributed by atoms with Gasteiger partial charge in [0.1, 0.15) is 0 Å². The van der Waals surface area contributed by atoms with Crippen LogP contribution in [0.25, 0.3) is 0 Å². The zero-order chi connectivity index (χ0) is 14.3. The summed E-state index contributed by atoms with van der Waals surface area (Å²) in [5, 5.41) is 2.77. The topological polar surface area (TPSA) is 61.4 Å². The molecule has 0 spiro atoms. The molecule has 0 aromatic carbocycles. The van der Waals surface area contributed by atoms with Crippen LogP contribution in [-0.4, -0.2) is 57.3 Å². The van der Waals surface area contributed by atoms with Crippen LogP contribution >= 0.6 is 0 Å². The monoisotopic (exact) mass is 291 g/mol. The first-order valence-electron chi connectivity index (χ1n) is 7.36. The zero-order valence-corrected chi connectivity index (χ0v) is 13.3. The molecular formula is C13H29N3O2S. The van der Waals surface area contributed by atoms with Crippen LogP contribution < -0.4 is 10.0 Å². The van der Waals surface area contributed by atoms with E-state index in [9.17, 15) is 8.42 Å². The highest BCUT2D eigenvalue weighted by Gasteiger charge is 2.20. The van der Waals surface area contributed by atoms with Crippen molar-refractivity contribution in [1.82, 2.24) is 14.9 Å². The molecule has 0 aliphatic carbocycles. The number of likely N-dealkylation sites (tertiary alicyclic amines) is 1. The molecule has 5 nitrogen and oxygen atoms in total. The second-order valence-electron chi connectivity index (χ2n) is 5.72. The summed E-state index contributed by atoms with van der Waals surface area (Å²) < 4.78 is 26.7. The summed E-state index contributed by atoms with van der Waals surface area (Å²) in [6.45, 7) is 10.2. The second-order valence-corrected chi connectivity index (χ2v) is 7.90. The van der Waals surface area contributed by atoms with Crippen molar-refractivity contribution in [2.45, 2.75) is 51.3 Å². The van der Waals surface area contributed by atoms with Gasteiger partial charge in [-0.25, -0.2) is 13.1 Å². The molecule has 1 aliphatic heterocycles. The summed E-state index contributed by atoms with van der Waals surface area (Å²) in [5.41, 5.74) is 0. The zero-order valence-electron chi connectivity index (χ0n) is 12.5. The van der Waals surface area contributed by atoms with Crippen molar-refractivity contribution in [3.05, 3.63) is 0 Å². The van der Waals surface area contributed by atoms with Crippen LogP contribution in [0.5, 0.6) is 0 Å². The van der Waals surface area contributed by atoms with E-state index in [2.05, 4.69) is 14.9 Å². The Labute approximate surface area is 118 Å². The molecule has 0 saturated carbocycles. The largest absolute Gasteiger partial charge is 0.313 e. The molecule has 2 N–H and O–H groups in total. The first-order valence-corrected chi connectivity index (χ1v) is 8.90. The molecular weight excluding hydrogens is 262 g/mol. The predicted octanol–water partition coefficient (Wildman–Crippen LogP) is 0.778. The molecule has 1 fully saturated rings. The summed E-state index contributed by atoms with van der Waals surface area (Å²) >= 11 is 0. The minimum absolute atomic E-state index is 0.313. The number of nitrogens with one attached hydrogen (secondary N) is 2. The maximum atomic E-state index is 12.0. The Morgan fingerprint density at radius 2 is 1.79 bits per heavy atom. The molecule has 1 aliphatic rings. The number of rotatable bonds is 9. The highest BCUT2D eigenvalue weighted by Crippen LogP contribution is 2.07. The predicted molar refractivity (Wildman–Crippen MR) is 79.8 cm³/mol. The molecule has 0 amide bonds. The van der Waals surface area contributed by atoms with Gasteiger partial charge in [-0.2, -0.15) is 0 Å². The fourth-order valence-corrected chi connectivity index (χ4v) is 3.21. The van der Waals surface area contributed by atoms with E-state index in [1.54, 1.807) is 6.92 Å². The van der Waals surface area contributed by atoms with Gasteiger partial charge in [-0.05, 0) is 45.8 Å². The molecule has 0 bridgehead atoms. The quantitative estimate of drug-likeness (QED) is 0.616. The lowest BCUT2D eigenvalue weighted by atomic mass is 10.3. The van der Waals surface area contributed by atoms with Crippen LogP contribution in [0.2, 0.25) is 0 Å². The Bertz CT molecular complexity index is 338. The maximum absolute atomic E-state index is 12.0. The van der Waals surface area contributed by atoms with Gasteiger partial charge in [-0.3, -0.25) is 0 Å². The van der Waals surface area contributed by atoms with E-state index in [1.807, 2.05) is 13.8 Å². The number of hydrogen-bond acceptors (Lipinski definition) is 4. The normalized spacial score (nSPS) is 19.2. The van der Waals surface area contributed by atoms with Crippen LogP contribution in [-0.2, 0) is 10.0 Å². The van der Waals surface area contributed by atoms with Gasteiger partial charge in [0.2, 0.25) is 10.0 Å². The van der Waals surface area contributed by atoms with E-state index in [-0.39, 0.29) is 5.25 Å². The lowest BCUT2D eigenvalue weighted by Gasteiger charge is -2.17. The molecule has 1 unspecified atom stereocenters. The van der Waals surface area contributed by atoms with Gasteiger partial charge in [-0.1, -0.05) is 13.8 Å². The van der Waals surface area contributed by atoms with Gasteiger partial charge in [0.25, 0.3) is 0 Å². The van der Waals surface area contributed by atoms with Gasteiger partial charge in [0, 0.05) is 19.1 Å². The van der Waals surface area contributed by atoms with Crippen molar-refractivity contribution in [3.8, 4) is 0 Å². The van der Waals surface area contributed by atoms with E-state index in [0.29, 0.717) is 19.1 Å². The highest BCUT2D eigenvalue weighted by molar-refractivity contribution is 7.90. The van der Waals surface area contributed by atoms with Crippen molar-refractivity contribution >= 4 is 10.0 Å². The standard InChI is InChI=1S/C13H29N3O2S/c1-12(2)14-11-13(3)19(17,18)15-7-6-10-16-8-4-5-9-16/h12-15H,4-11H2,1-3H3. The van der Waals surface area contributed by atoms with Crippen LogP contribution in [0.15, 0.2) is 0 Å². The van der Waals surface area contributed by atoms with Gasteiger partial charge in [-0.15, -0.1) is 0 Å². The lowest BCUT2D eigenvalue weighted by molar-refractivity contribution is 0.334. The average molecular weight is 291 g/mol. The molecule has 0 aromatic rings. The van der Waals surface area contributed by atoms with Gasteiger partial charge < -0.3 is 10.2 Å². The Morgan fingerprint density at radius 3 is 2.37 bits per heavy atom. The Hall–Kier alpha value is -0.170. The van der Waals surface area contributed by atoms with Crippen molar-refractivity contribution in [1.29, 1.82) is 0 Å². The van der Waals surface area contributed by atoms with Crippen LogP contribution in [0, 0.1) is 0 Å². The Balaban J connectivity index is 2.18. The van der Waals surface area contributed by atoms with Crippen LogP contribution in [0.1, 0.15) is 40.0 Å². The molecule has 19 heavy (non-hydrogen) atoms. The van der Waals surface area contributed by atoms with Gasteiger partial charge >= 0.3 is 0 Å². The fourth-order valence-electron chi connectivity index (χ4n) is 2.18. The number of sulfonamides is 1. The molecule has 1 heterocycles. The van der Waals surface area contributed by atoms with Crippen molar-refractivity contribution in [2.24, 2.45) is 0 Å². The summed E-state index contributed by atoms with van der Waals surface area (Å²) in [7, 11) is -3.18. The highest BCUT2D eigenvalue weighted by atomic mass is 32.2. The number of hydrogen-bond donors (Lipinski definition) is 2. The molecule has 0 aromatic heterocycles. The minimum atomic E-state index is -3.18. The van der Waals surface area contributed by atoms with Crippen molar-refractivity contribution in [2.75, 3.05) is 32.7 Å². The second kappa shape index (κ2) is 8.19. The van der Waals surface area contributed by atoms with Crippen molar-refractivity contribution < 1.29 is 8.42 Å². The fraction of sp³-hybridized carbons (Fsp3) is 1.00. The summed E-state index contributed by atoms with van der Waals surface area (Å²) in [5.74, 6) is 0. The third-order valence-corrected chi connectivity index (χ3v) is 5.33. The first-order chi connectivity index (χ1) is 8.92. The molecule has 0 radical (unpaired) electrons. The Morgan fingerprint density at radius 1 is 1.16 bits per heavy atom. The SMILES string of the molecule is CC(C)NCC(C)S(=O)(=O)NCCCN1CCCC1. The van der Waals surface area contributed by atoms with Crippen LogP contribution in [0.3, 0.4) is 0 Å². The molecule has 1 saturated heterocycles. The van der Waals surface area contributed by atoms with Crippen LogP contribution in [0.4, 0.5) is 0 Å². The van der Waals surface area contributed by atoms with E-state index in [4.69, 9.17) is 0 Å². The average Bonchev–Trinajstić information content (AvgIpc) is 2.84. The van der Waals surface area contributed by atoms with E-state index in [1.165, 1.54) is 25.9 Å². The summed E-state index contributed by atoms with van der Waals surface area (Å²) in [4.78, 5) is 2.40. The van der Waals surface area contributed by atoms with E-state index >= 15 is 0 Å². The number of nitrogens with zero attached hydrogens (tertiary/aromatic N) is 1. The first kappa shape index (κ1) is 16.9. The van der Waals surface area contributed by atoms with Crippen molar-refractivity contribution in [3.63, 3.8) is 0 Å². The molecule has 114 valence electrons. The smallest absolute Gasteiger partial charge is 0.215 e. The van der Waals surface area contributed by atoms with Gasteiger partial charge in [0.05, 0.1) is 5.25 Å². The molecule has 1 atom stereocenters. The Kier molecular flexibility index (Phi) is 7.28. The summed E-state index contributed by atoms with van der Waals surface area (Å²) in [6.07, 6.45) is 3.46. The van der Waals surface area contributed by atoms with Gasteiger partial charge in [0.15, 0.2) is 0 Å². The third kappa shape index (κ3) is 6.70. The maximum Gasteiger partial charge on any atom is 0.215 e. The van der Waals surface area contributed by atoms with E-state index in [0.717, 1.165) is 13.0 Å². The van der Waals surface area contributed by atoms with E-state index < -0.39 is 10.0 Å².